The van der Waals surface area contributed by atoms with Crippen LogP contribution in [0.4, 0.5) is 0 Å². The van der Waals surface area contributed by atoms with Crippen LogP contribution in [0.25, 0.3) is 0 Å². The van der Waals surface area contributed by atoms with Gasteiger partial charge in [0.2, 0.25) is 0 Å². The van der Waals surface area contributed by atoms with Gasteiger partial charge in [0, 0.05) is 12.3 Å². The van der Waals surface area contributed by atoms with Crippen molar-refractivity contribution in [3.8, 4) is 0 Å². The fourth-order valence-electron chi connectivity index (χ4n) is 2.11. The molecule has 1 N–H and O–H groups in total. The predicted molar refractivity (Wildman–Crippen MR) is 46.9 cm³/mol. The summed E-state index contributed by atoms with van der Waals surface area (Å²) in [6.45, 7) is 1.93. The van der Waals surface area contributed by atoms with Gasteiger partial charge >= 0.3 is 0 Å². The number of hydrogen-bond donors (Lipinski definition) is 1. The lowest BCUT2D eigenvalue weighted by Gasteiger charge is -2.21. The molecule has 0 amide bonds. The SMILES string of the molecule is C1CCC(C2=NCNC2)CC1. The summed E-state index contributed by atoms with van der Waals surface area (Å²) >= 11 is 0. The van der Waals surface area contributed by atoms with E-state index in [4.69, 9.17) is 0 Å². The number of aliphatic imine (C=N–C) groups is 1. The molecule has 0 saturated heterocycles. The Balaban J connectivity index is 1.92. The summed E-state index contributed by atoms with van der Waals surface area (Å²) in [6, 6.07) is 0. The Morgan fingerprint density at radius 1 is 1.18 bits per heavy atom. The minimum Gasteiger partial charge on any atom is -0.293 e. The van der Waals surface area contributed by atoms with E-state index in [9.17, 15) is 0 Å². The molecule has 1 aliphatic heterocycles. The first-order valence-electron chi connectivity index (χ1n) is 4.71. The highest BCUT2D eigenvalue weighted by Gasteiger charge is 2.20. The van der Waals surface area contributed by atoms with E-state index >= 15 is 0 Å². The summed E-state index contributed by atoms with van der Waals surface area (Å²) in [7, 11) is 0. The van der Waals surface area contributed by atoms with Crippen molar-refractivity contribution in [2.75, 3.05) is 13.2 Å². The van der Waals surface area contributed by atoms with Crippen molar-refractivity contribution in [3.05, 3.63) is 0 Å². The third kappa shape index (κ3) is 1.62. The van der Waals surface area contributed by atoms with Gasteiger partial charge in [0.05, 0.1) is 6.67 Å². The second-order valence-electron chi connectivity index (χ2n) is 3.57. The van der Waals surface area contributed by atoms with Gasteiger partial charge in [-0.2, -0.15) is 0 Å². The van der Waals surface area contributed by atoms with Crippen molar-refractivity contribution >= 4 is 5.71 Å². The maximum absolute atomic E-state index is 4.46. The van der Waals surface area contributed by atoms with Crippen LogP contribution in [0.5, 0.6) is 0 Å². The molecule has 2 rings (SSSR count). The summed E-state index contributed by atoms with van der Waals surface area (Å²) in [5, 5.41) is 3.27. The minimum atomic E-state index is 0.832. The van der Waals surface area contributed by atoms with Crippen LogP contribution in [0.2, 0.25) is 0 Å². The fraction of sp³-hybridized carbons (Fsp3) is 0.889. The van der Waals surface area contributed by atoms with Gasteiger partial charge in [0.1, 0.15) is 0 Å². The van der Waals surface area contributed by atoms with Crippen molar-refractivity contribution < 1.29 is 0 Å². The average Bonchev–Trinajstić information content (AvgIpc) is 2.58. The Labute approximate surface area is 68.1 Å². The van der Waals surface area contributed by atoms with E-state index in [2.05, 4.69) is 10.3 Å². The molecule has 0 radical (unpaired) electrons. The first-order valence-corrected chi connectivity index (χ1v) is 4.71. The number of nitrogens with zero attached hydrogens (tertiary/aromatic N) is 1. The van der Waals surface area contributed by atoms with Gasteiger partial charge in [-0.05, 0) is 18.8 Å². The summed E-state index contributed by atoms with van der Waals surface area (Å²) in [5.41, 5.74) is 1.45. The van der Waals surface area contributed by atoms with Gasteiger partial charge in [0.25, 0.3) is 0 Å². The molecule has 1 fully saturated rings. The Morgan fingerprint density at radius 2 is 2.00 bits per heavy atom. The maximum Gasteiger partial charge on any atom is 0.0887 e. The number of rotatable bonds is 1. The highest BCUT2D eigenvalue weighted by Crippen LogP contribution is 2.25. The summed E-state index contributed by atoms with van der Waals surface area (Å²) in [5.74, 6) is 0.832. The van der Waals surface area contributed by atoms with E-state index in [0.29, 0.717) is 0 Å². The van der Waals surface area contributed by atoms with Crippen molar-refractivity contribution in [1.82, 2.24) is 5.32 Å². The molecule has 0 aromatic carbocycles. The largest absolute Gasteiger partial charge is 0.293 e. The average molecular weight is 152 g/mol. The van der Waals surface area contributed by atoms with Crippen LogP contribution >= 0.6 is 0 Å². The van der Waals surface area contributed by atoms with Gasteiger partial charge in [-0.3, -0.25) is 10.3 Å². The zero-order valence-corrected chi connectivity index (χ0v) is 6.97. The third-order valence-electron chi connectivity index (χ3n) is 2.78. The van der Waals surface area contributed by atoms with E-state index in [0.717, 1.165) is 19.1 Å². The van der Waals surface area contributed by atoms with Crippen LogP contribution in [0.3, 0.4) is 0 Å². The summed E-state index contributed by atoms with van der Waals surface area (Å²) in [6.07, 6.45) is 7.06. The Hall–Kier alpha value is -0.370. The van der Waals surface area contributed by atoms with Crippen LogP contribution in [0, 0.1) is 5.92 Å². The van der Waals surface area contributed by atoms with Gasteiger partial charge in [0.15, 0.2) is 0 Å². The molecule has 1 saturated carbocycles. The quantitative estimate of drug-likeness (QED) is 0.606. The number of nitrogens with one attached hydrogen (secondary N) is 1. The monoisotopic (exact) mass is 152 g/mol. The molecule has 2 nitrogen and oxygen atoms in total. The van der Waals surface area contributed by atoms with Crippen LogP contribution in [-0.2, 0) is 0 Å². The standard InChI is InChI=1S/C9H16N2/c1-2-4-8(5-3-1)9-6-10-7-11-9/h8,10H,1-7H2. The van der Waals surface area contributed by atoms with Crippen molar-refractivity contribution in [2.24, 2.45) is 10.9 Å². The van der Waals surface area contributed by atoms with Gasteiger partial charge in [-0.25, -0.2) is 0 Å². The molecular formula is C9H16N2. The lowest BCUT2D eigenvalue weighted by atomic mass is 9.86. The van der Waals surface area contributed by atoms with Crippen molar-refractivity contribution in [3.63, 3.8) is 0 Å². The lowest BCUT2D eigenvalue weighted by Crippen LogP contribution is -2.22. The van der Waals surface area contributed by atoms with E-state index in [1.807, 2.05) is 0 Å². The molecule has 1 aliphatic carbocycles. The zero-order valence-electron chi connectivity index (χ0n) is 6.97. The second kappa shape index (κ2) is 3.35. The van der Waals surface area contributed by atoms with Gasteiger partial charge < -0.3 is 0 Å². The molecule has 62 valence electrons. The molecule has 0 aromatic rings. The van der Waals surface area contributed by atoms with Crippen molar-refractivity contribution in [1.29, 1.82) is 0 Å². The Morgan fingerprint density at radius 3 is 2.64 bits per heavy atom. The molecule has 0 bridgehead atoms. The highest BCUT2D eigenvalue weighted by atomic mass is 15.1. The summed E-state index contributed by atoms with van der Waals surface area (Å²) < 4.78 is 0. The topological polar surface area (TPSA) is 24.4 Å². The molecule has 0 atom stereocenters. The maximum atomic E-state index is 4.46. The molecule has 0 unspecified atom stereocenters. The highest BCUT2D eigenvalue weighted by molar-refractivity contribution is 5.89. The van der Waals surface area contributed by atoms with Crippen molar-refractivity contribution in [2.45, 2.75) is 32.1 Å². The minimum absolute atomic E-state index is 0.832. The van der Waals surface area contributed by atoms with E-state index in [1.54, 1.807) is 0 Å². The normalized spacial score (nSPS) is 27.1. The Kier molecular flexibility index (Phi) is 2.22. The molecule has 1 heterocycles. The third-order valence-corrected chi connectivity index (χ3v) is 2.78. The van der Waals surface area contributed by atoms with E-state index < -0.39 is 0 Å². The smallest absolute Gasteiger partial charge is 0.0887 e. The van der Waals surface area contributed by atoms with E-state index in [-0.39, 0.29) is 0 Å². The first kappa shape index (κ1) is 7.29. The predicted octanol–water partition coefficient (Wildman–Crippen LogP) is 1.57. The molecule has 11 heavy (non-hydrogen) atoms. The lowest BCUT2D eigenvalue weighted by molar-refractivity contribution is 0.438. The van der Waals surface area contributed by atoms with Gasteiger partial charge in [-0.1, -0.05) is 19.3 Å². The van der Waals surface area contributed by atoms with E-state index in [1.165, 1.54) is 37.8 Å². The molecule has 0 spiro atoms. The first-order chi connectivity index (χ1) is 5.47. The molecule has 2 aliphatic rings. The van der Waals surface area contributed by atoms with Gasteiger partial charge in [-0.15, -0.1) is 0 Å². The van der Waals surface area contributed by atoms with Crippen LogP contribution in [-0.4, -0.2) is 18.9 Å². The molecule has 0 aromatic heterocycles. The van der Waals surface area contributed by atoms with Crippen LogP contribution in [0.15, 0.2) is 4.99 Å². The summed E-state index contributed by atoms with van der Waals surface area (Å²) in [4.78, 5) is 4.46. The fourth-order valence-corrected chi connectivity index (χ4v) is 2.11. The molecular weight excluding hydrogens is 136 g/mol. The Bertz CT molecular complexity index is 157. The van der Waals surface area contributed by atoms with Crippen LogP contribution in [0.1, 0.15) is 32.1 Å². The van der Waals surface area contributed by atoms with Crippen LogP contribution < -0.4 is 5.32 Å². The molecule has 2 heteroatoms. The second-order valence-corrected chi connectivity index (χ2v) is 3.57. The zero-order chi connectivity index (χ0) is 7.52. The number of hydrogen-bond acceptors (Lipinski definition) is 2.